The lowest BCUT2D eigenvalue weighted by molar-refractivity contribution is -0.113. The maximum atomic E-state index is 11.9. The number of nitrogens with one attached hydrogen (secondary N) is 1. The van der Waals surface area contributed by atoms with E-state index in [0.717, 1.165) is 12.2 Å². The first-order chi connectivity index (χ1) is 10.0. The number of hydrogen-bond acceptors (Lipinski definition) is 4. The van der Waals surface area contributed by atoms with E-state index in [1.165, 1.54) is 11.8 Å². The van der Waals surface area contributed by atoms with Crippen LogP contribution in [0.2, 0.25) is 10.0 Å². The van der Waals surface area contributed by atoms with Crippen molar-refractivity contribution in [2.45, 2.75) is 18.5 Å². The average molecular weight is 345 g/mol. The lowest BCUT2D eigenvalue weighted by atomic mass is 10.3. The number of nitrogens with zero attached hydrogens (tertiary/aromatic N) is 3. The molecule has 0 atom stereocenters. The molecule has 0 spiro atoms. The summed E-state index contributed by atoms with van der Waals surface area (Å²) in [6, 6.07) is 5.10. The van der Waals surface area contributed by atoms with Crippen LogP contribution in [0, 0.1) is 0 Å². The molecule has 0 aliphatic carbocycles. The second-order valence-electron chi connectivity index (χ2n) is 4.25. The van der Waals surface area contributed by atoms with E-state index in [0.29, 0.717) is 20.9 Å². The Bertz CT molecular complexity index is 660. The van der Waals surface area contributed by atoms with Gasteiger partial charge < -0.3 is 9.88 Å². The Morgan fingerprint density at radius 2 is 2.14 bits per heavy atom. The Labute approximate surface area is 137 Å². The largest absolute Gasteiger partial charge is 0.324 e. The third-order valence-electron chi connectivity index (χ3n) is 2.80. The van der Waals surface area contributed by atoms with E-state index < -0.39 is 0 Å². The summed E-state index contributed by atoms with van der Waals surface area (Å²) in [6.07, 6.45) is 0.800. The summed E-state index contributed by atoms with van der Waals surface area (Å²) in [7, 11) is 1.88. The molecule has 1 aromatic carbocycles. The topological polar surface area (TPSA) is 59.8 Å². The summed E-state index contributed by atoms with van der Waals surface area (Å²) in [5.74, 6) is 0.930. The quantitative estimate of drug-likeness (QED) is 0.844. The zero-order valence-corrected chi connectivity index (χ0v) is 13.9. The van der Waals surface area contributed by atoms with Crippen molar-refractivity contribution in [2.75, 3.05) is 11.1 Å². The zero-order valence-electron chi connectivity index (χ0n) is 11.6. The van der Waals surface area contributed by atoms with Crippen LogP contribution in [-0.4, -0.2) is 26.4 Å². The molecule has 5 nitrogen and oxygen atoms in total. The Balaban J connectivity index is 1.96. The third-order valence-corrected chi connectivity index (χ3v) is 4.64. The van der Waals surface area contributed by atoms with Gasteiger partial charge in [0.15, 0.2) is 5.16 Å². The number of thioether (sulfide) groups is 1. The molecule has 1 amide bonds. The number of anilines is 1. The molecule has 112 valence electrons. The minimum Gasteiger partial charge on any atom is -0.324 e. The maximum Gasteiger partial charge on any atom is 0.234 e. The van der Waals surface area contributed by atoms with Crippen molar-refractivity contribution in [3.63, 3.8) is 0 Å². The molecule has 0 fully saturated rings. The van der Waals surface area contributed by atoms with Crippen LogP contribution in [0.25, 0.3) is 0 Å². The Kier molecular flexibility index (Phi) is 5.50. The van der Waals surface area contributed by atoms with Crippen molar-refractivity contribution in [3.8, 4) is 0 Å². The lowest BCUT2D eigenvalue weighted by Gasteiger charge is -2.08. The monoisotopic (exact) mass is 344 g/mol. The normalized spacial score (nSPS) is 10.7. The van der Waals surface area contributed by atoms with Gasteiger partial charge >= 0.3 is 0 Å². The highest BCUT2D eigenvalue weighted by Gasteiger charge is 2.12. The number of hydrogen-bond donors (Lipinski definition) is 1. The van der Waals surface area contributed by atoms with Crippen LogP contribution >= 0.6 is 35.0 Å². The van der Waals surface area contributed by atoms with E-state index >= 15 is 0 Å². The van der Waals surface area contributed by atoms with Crippen LogP contribution in [0.4, 0.5) is 5.69 Å². The summed E-state index contributed by atoms with van der Waals surface area (Å²) in [4.78, 5) is 11.9. The molecule has 1 aromatic heterocycles. The van der Waals surface area contributed by atoms with Crippen LogP contribution < -0.4 is 5.32 Å². The molecule has 2 rings (SSSR count). The Morgan fingerprint density at radius 3 is 2.81 bits per heavy atom. The van der Waals surface area contributed by atoms with Gasteiger partial charge in [-0.3, -0.25) is 4.79 Å². The smallest absolute Gasteiger partial charge is 0.234 e. The third kappa shape index (κ3) is 3.90. The molecule has 0 saturated heterocycles. The summed E-state index contributed by atoms with van der Waals surface area (Å²) in [5, 5.41) is 12.3. The first-order valence-corrected chi connectivity index (χ1v) is 8.02. The highest BCUT2D eigenvalue weighted by atomic mass is 35.5. The molecule has 0 radical (unpaired) electrons. The summed E-state index contributed by atoms with van der Waals surface area (Å²) < 4.78 is 1.88. The molecule has 1 heterocycles. The number of rotatable bonds is 5. The molecule has 2 aromatic rings. The van der Waals surface area contributed by atoms with E-state index in [1.807, 2.05) is 18.5 Å². The molecule has 0 saturated carbocycles. The highest BCUT2D eigenvalue weighted by Crippen LogP contribution is 2.29. The number of benzene rings is 1. The van der Waals surface area contributed by atoms with E-state index in [2.05, 4.69) is 15.5 Å². The number of aromatic nitrogens is 3. The van der Waals surface area contributed by atoms with Crippen molar-refractivity contribution >= 4 is 46.6 Å². The van der Waals surface area contributed by atoms with E-state index in [4.69, 9.17) is 23.2 Å². The molecule has 8 heteroatoms. The van der Waals surface area contributed by atoms with Crippen molar-refractivity contribution in [3.05, 3.63) is 34.1 Å². The molecule has 21 heavy (non-hydrogen) atoms. The van der Waals surface area contributed by atoms with Gasteiger partial charge in [0, 0.05) is 13.5 Å². The van der Waals surface area contributed by atoms with Crippen LogP contribution in [-0.2, 0) is 18.3 Å². The Hall–Kier alpha value is -1.24. The van der Waals surface area contributed by atoms with E-state index in [9.17, 15) is 4.79 Å². The molecule has 0 aliphatic heterocycles. The van der Waals surface area contributed by atoms with Gasteiger partial charge in [-0.05, 0) is 12.1 Å². The van der Waals surface area contributed by atoms with E-state index in [-0.39, 0.29) is 11.7 Å². The summed E-state index contributed by atoms with van der Waals surface area (Å²) in [6.45, 7) is 2.01. The van der Waals surface area contributed by atoms with E-state index in [1.54, 1.807) is 18.2 Å². The maximum absolute atomic E-state index is 11.9. The standard InChI is InChI=1S/C13H14Cl2N4OS/c1-3-10-17-18-13(19(10)2)21-7-11(20)16-9-6-4-5-8(14)12(9)15/h4-6H,3,7H2,1-2H3,(H,16,20). The van der Waals surface area contributed by atoms with Gasteiger partial charge in [-0.2, -0.15) is 0 Å². The zero-order chi connectivity index (χ0) is 15.4. The molecule has 1 N–H and O–H groups in total. The van der Waals surface area contributed by atoms with Gasteiger partial charge in [0.05, 0.1) is 21.5 Å². The predicted octanol–water partition coefficient (Wildman–Crippen LogP) is 3.42. The first-order valence-electron chi connectivity index (χ1n) is 6.27. The number of amides is 1. The van der Waals surface area contributed by atoms with Crippen LogP contribution in [0.5, 0.6) is 0 Å². The lowest BCUT2D eigenvalue weighted by Crippen LogP contribution is -2.14. The first kappa shape index (κ1) is 16.1. The van der Waals surface area contributed by atoms with Gasteiger partial charge in [0.2, 0.25) is 5.91 Å². The van der Waals surface area contributed by atoms with Crippen LogP contribution in [0.3, 0.4) is 0 Å². The minimum absolute atomic E-state index is 0.176. The van der Waals surface area contributed by atoms with Crippen molar-refractivity contribution in [1.29, 1.82) is 0 Å². The second kappa shape index (κ2) is 7.15. The van der Waals surface area contributed by atoms with Gasteiger partial charge in [0.1, 0.15) is 5.82 Å². The summed E-state index contributed by atoms with van der Waals surface area (Å²) in [5.41, 5.74) is 0.502. The fraction of sp³-hybridized carbons (Fsp3) is 0.308. The van der Waals surface area contributed by atoms with Crippen molar-refractivity contribution < 1.29 is 4.79 Å². The average Bonchev–Trinajstić information content (AvgIpc) is 2.82. The van der Waals surface area contributed by atoms with Crippen molar-refractivity contribution in [2.24, 2.45) is 7.05 Å². The van der Waals surface area contributed by atoms with Gasteiger partial charge in [-0.25, -0.2) is 0 Å². The summed E-state index contributed by atoms with van der Waals surface area (Å²) >= 11 is 13.2. The fourth-order valence-corrected chi connectivity index (χ4v) is 2.77. The molecule has 0 bridgehead atoms. The molecule has 0 aliphatic rings. The highest BCUT2D eigenvalue weighted by molar-refractivity contribution is 7.99. The number of halogens is 2. The van der Waals surface area contributed by atoms with Crippen LogP contribution in [0.1, 0.15) is 12.7 Å². The Morgan fingerprint density at radius 1 is 1.38 bits per heavy atom. The number of carbonyl (C=O) groups excluding carboxylic acids is 1. The molecular formula is C13H14Cl2N4OS. The second-order valence-corrected chi connectivity index (χ2v) is 5.98. The van der Waals surface area contributed by atoms with Gasteiger partial charge in [-0.1, -0.05) is 48.0 Å². The molecular weight excluding hydrogens is 331 g/mol. The minimum atomic E-state index is -0.176. The van der Waals surface area contributed by atoms with Gasteiger partial charge in [0.25, 0.3) is 0 Å². The van der Waals surface area contributed by atoms with Crippen molar-refractivity contribution in [1.82, 2.24) is 14.8 Å². The van der Waals surface area contributed by atoms with Crippen LogP contribution in [0.15, 0.2) is 23.4 Å². The van der Waals surface area contributed by atoms with Gasteiger partial charge in [-0.15, -0.1) is 10.2 Å². The fourth-order valence-electron chi connectivity index (χ4n) is 1.70. The number of carbonyl (C=O) groups is 1. The molecule has 0 unspecified atom stereocenters. The predicted molar refractivity (Wildman–Crippen MR) is 86.2 cm³/mol. The number of aryl methyl sites for hydroxylation is 1. The SMILES string of the molecule is CCc1nnc(SCC(=O)Nc2cccc(Cl)c2Cl)n1C.